The van der Waals surface area contributed by atoms with E-state index in [0.29, 0.717) is 18.1 Å². The molecule has 0 fully saturated rings. The molecule has 0 bridgehead atoms. The summed E-state index contributed by atoms with van der Waals surface area (Å²) >= 11 is 0. The minimum atomic E-state index is -0.283. The van der Waals surface area contributed by atoms with E-state index >= 15 is 0 Å². The van der Waals surface area contributed by atoms with E-state index in [0.717, 1.165) is 6.42 Å². The van der Waals surface area contributed by atoms with Crippen molar-refractivity contribution in [1.29, 1.82) is 0 Å². The Morgan fingerprint density at radius 1 is 1.35 bits per heavy atom. The van der Waals surface area contributed by atoms with Gasteiger partial charge in [0.1, 0.15) is 5.69 Å². The van der Waals surface area contributed by atoms with Gasteiger partial charge in [-0.2, -0.15) is 0 Å². The third-order valence-corrected chi connectivity index (χ3v) is 2.14. The summed E-state index contributed by atoms with van der Waals surface area (Å²) in [7, 11) is 0. The Kier molecular flexibility index (Phi) is 3.49. The highest BCUT2D eigenvalue weighted by Gasteiger charge is 2.05. The Morgan fingerprint density at radius 2 is 2.24 bits per heavy atom. The van der Waals surface area contributed by atoms with Gasteiger partial charge in [-0.05, 0) is 18.6 Å². The third-order valence-electron chi connectivity index (χ3n) is 2.14. The van der Waals surface area contributed by atoms with Crippen LogP contribution >= 0.6 is 0 Å². The van der Waals surface area contributed by atoms with Crippen molar-refractivity contribution in [3.63, 3.8) is 0 Å². The molecule has 2 aromatic heterocycles. The van der Waals surface area contributed by atoms with Crippen LogP contribution in [-0.4, -0.2) is 21.6 Å². The molecule has 0 unspecified atom stereocenters. The van der Waals surface area contributed by atoms with Gasteiger partial charge in [-0.3, -0.25) is 9.78 Å². The number of hydrogen-bond donors (Lipinski definition) is 1. The van der Waals surface area contributed by atoms with E-state index < -0.39 is 0 Å². The summed E-state index contributed by atoms with van der Waals surface area (Å²) in [6, 6.07) is 5.43. The summed E-state index contributed by atoms with van der Waals surface area (Å²) in [5, 5.41) is 0. The SMILES string of the molecule is CCCOc1cnc(-c2ccccn2)[nH]c1=O. The smallest absolute Gasteiger partial charge is 0.293 e. The van der Waals surface area contributed by atoms with Crippen LogP contribution in [0, 0.1) is 0 Å². The monoisotopic (exact) mass is 231 g/mol. The molecule has 0 saturated heterocycles. The van der Waals surface area contributed by atoms with Crippen LogP contribution in [0.25, 0.3) is 11.5 Å². The van der Waals surface area contributed by atoms with Crippen molar-refractivity contribution in [1.82, 2.24) is 15.0 Å². The van der Waals surface area contributed by atoms with Gasteiger partial charge >= 0.3 is 0 Å². The van der Waals surface area contributed by atoms with Crippen LogP contribution in [0.4, 0.5) is 0 Å². The Bertz CT molecular complexity index is 537. The van der Waals surface area contributed by atoms with Gasteiger partial charge < -0.3 is 9.72 Å². The normalized spacial score (nSPS) is 10.2. The molecule has 0 radical (unpaired) electrons. The number of ether oxygens (including phenoxy) is 1. The van der Waals surface area contributed by atoms with Crippen LogP contribution in [0.1, 0.15) is 13.3 Å². The van der Waals surface area contributed by atoms with Gasteiger partial charge in [0.25, 0.3) is 5.56 Å². The van der Waals surface area contributed by atoms with Gasteiger partial charge in [0, 0.05) is 6.20 Å². The molecule has 0 aliphatic rings. The molecule has 0 saturated carbocycles. The molecule has 2 heterocycles. The summed E-state index contributed by atoms with van der Waals surface area (Å²) in [6.07, 6.45) is 3.93. The van der Waals surface area contributed by atoms with Gasteiger partial charge in [-0.15, -0.1) is 0 Å². The number of aromatic nitrogens is 3. The lowest BCUT2D eigenvalue weighted by molar-refractivity contribution is 0.311. The highest BCUT2D eigenvalue weighted by Crippen LogP contribution is 2.10. The molecular formula is C12H13N3O2. The fourth-order valence-electron chi connectivity index (χ4n) is 1.33. The van der Waals surface area contributed by atoms with Crippen LogP contribution in [0.5, 0.6) is 5.75 Å². The van der Waals surface area contributed by atoms with Crippen molar-refractivity contribution in [2.45, 2.75) is 13.3 Å². The second-order valence-electron chi connectivity index (χ2n) is 3.49. The highest BCUT2D eigenvalue weighted by atomic mass is 16.5. The first-order chi connectivity index (χ1) is 8.31. The van der Waals surface area contributed by atoms with Crippen LogP contribution < -0.4 is 10.3 Å². The zero-order valence-electron chi connectivity index (χ0n) is 9.51. The molecule has 0 aliphatic heterocycles. The molecule has 2 aromatic rings. The number of nitrogens with one attached hydrogen (secondary N) is 1. The minimum Gasteiger partial charge on any atom is -0.487 e. The fourth-order valence-corrected chi connectivity index (χ4v) is 1.33. The van der Waals surface area contributed by atoms with E-state index in [9.17, 15) is 4.79 Å². The molecule has 0 atom stereocenters. The summed E-state index contributed by atoms with van der Waals surface area (Å²) in [6.45, 7) is 2.48. The average Bonchev–Trinajstić information content (AvgIpc) is 2.38. The van der Waals surface area contributed by atoms with Crippen molar-refractivity contribution >= 4 is 0 Å². The highest BCUT2D eigenvalue weighted by molar-refractivity contribution is 5.48. The standard InChI is InChI=1S/C12H13N3O2/c1-2-7-17-10-8-14-11(15-12(10)16)9-5-3-4-6-13-9/h3-6,8H,2,7H2,1H3,(H,14,15,16). The van der Waals surface area contributed by atoms with Crippen LogP contribution in [0.3, 0.4) is 0 Å². The van der Waals surface area contributed by atoms with Crippen LogP contribution in [0.2, 0.25) is 0 Å². The number of pyridine rings is 1. The number of H-pyrrole nitrogens is 1. The Balaban J connectivity index is 2.28. The van der Waals surface area contributed by atoms with Gasteiger partial charge in [-0.25, -0.2) is 4.98 Å². The predicted molar refractivity (Wildman–Crippen MR) is 63.9 cm³/mol. The second kappa shape index (κ2) is 5.25. The van der Waals surface area contributed by atoms with E-state index in [4.69, 9.17) is 4.74 Å². The maximum Gasteiger partial charge on any atom is 0.293 e. The van der Waals surface area contributed by atoms with Crippen LogP contribution in [0.15, 0.2) is 35.4 Å². The van der Waals surface area contributed by atoms with E-state index in [1.54, 1.807) is 18.3 Å². The van der Waals surface area contributed by atoms with Gasteiger partial charge in [0.2, 0.25) is 5.75 Å². The Morgan fingerprint density at radius 3 is 2.88 bits per heavy atom. The Labute approximate surface area is 98.5 Å². The first kappa shape index (κ1) is 11.3. The summed E-state index contributed by atoms with van der Waals surface area (Å²) in [5.41, 5.74) is 0.348. The number of rotatable bonds is 4. The molecule has 17 heavy (non-hydrogen) atoms. The van der Waals surface area contributed by atoms with Crippen LogP contribution in [-0.2, 0) is 0 Å². The summed E-state index contributed by atoms with van der Waals surface area (Å²) in [5.74, 6) is 0.686. The van der Waals surface area contributed by atoms with E-state index in [-0.39, 0.29) is 11.3 Å². The Hall–Kier alpha value is -2.17. The summed E-state index contributed by atoms with van der Waals surface area (Å²) < 4.78 is 5.25. The molecule has 0 aliphatic carbocycles. The quantitative estimate of drug-likeness (QED) is 0.868. The fraction of sp³-hybridized carbons (Fsp3) is 0.250. The number of hydrogen-bond acceptors (Lipinski definition) is 4. The average molecular weight is 231 g/mol. The van der Waals surface area contributed by atoms with E-state index in [1.807, 2.05) is 13.0 Å². The topological polar surface area (TPSA) is 67.9 Å². The molecule has 88 valence electrons. The molecule has 5 heteroatoms. The van der Waals surface area contributed by atoms with E-state index in [1.165, 1.54) is 6.20 Å². The predicted octanol–water partition coefficient (Wildman–Crippen LogP) is 1.62. The maximum absolute atomic E-state index is 11.7. The van der Waals surface area contributed by atoms with Crippen molar-refractivity contribution < 1.29 is 4.74 Å². The third kappa shape index (κ3) is 2.69. The molecular weight excluding hydrogens is 218 g/mol. The zero-order valence-corrected chi connectivity index (χ0v) is 9.51. The first-order valence-corrected chi connectivity index (χ1v) is 5.44. The van der Waals surface area contributed by atoms with Crippen molar-refractivity contribution in [3.8, 4) is 17.3 Å². The first-order valence-electron chi connectivity index (χ1n) is 5.44. The molecule has 5 nitrogen and oxygen atoms in total. The zero-order chi connectivity index (χ0) is 12.1. The molecule has 0 aromatic carbocycles. The van der Waals surface area contributed by atoms with Gasteiger partial charge in [0.15, 0.2) is 5.82 Å². The lowest BCUT2D eigenvalue weighted by Gasteiger charge is -2.04. The molecule has 1 N–H and O–H groups in total. The van der Waals surface area contributed by atoms with Gasteiger partial charge in [-0.1, -0.05) is 13.0 Å². The lowest BCUT2D eigenvalue weighted by atomic mass is 10.3. The number of aromatic amines is 1. The van der Waals surface area contributed by atoms with Crippen molar-refractivity contribution in [2.24, 2.45) is 0 Å². The molecule has 2 rings (SSSR count). The minimum absolute atomic E-state index is 0.242. The second-order valence-corrected chi connectivity index (χ2v) is 3.49. The lowest BCUT2D eigenvalue weighted by Crippen LogP contribution is -2.13. The summed E-state index contributed by atoms with van der Waals surface area (Å²) in [4.78, 5) is 22.5. The van der Waals surface area contributed by atoms with Crippen molar-refractivity contribution in [2.75, 3.05) is 6.61 Å². The van der Waals surface area contributed by atoms with Crippen molar-refractivity contribution in [3.05, 3.63) is 40.9 Å². The van der Waals surface area contributed by atoms with E-state index in [2.05, 4.69) is 15.0 Å². The maximum atomic E-state index is 11.7. The molecule has 0 spiro atoms. The largest absolute Gasteiger partial charge is 0.487 e. The van der Waals surface area contributed by atoms with Gasteiger partial charge in [0.05, 0.1) is 12.8 Å². The molecule has 0 amide bonds. The number of nitrogens with zero attached hydrogens (tertiary/aromatic N) is 2.